The molecule has 0 radical (unpaired) electrons. The van der Waals surface area contributed by atoms with E-state index >= 15 is 0 Å². The number of hydrogen-bond acceptors (Lipinski definition) is 6. The van der Waals surface area contributed by atoms with Crippen LogP contribution >= 0.6 is 15.9 Å². The molecule has 0 saturated carbocycles. The summed E-state index contributed by atoms with van der Waals surface area (Å²) < 4.78 is 17.1. The third kappa shape index (κ3) is 3.66. The van der Waals surface area contributed by atoms with Crippen molar-refractivity contribution < 1.29 is 14.0 Å². The Bertz CT molecular complexity index is 1380. The molecular formula is C23H17BrN4O3. The lowest BCUT2D eigenvalue weighted by molar-refractivity contribution is 0.355. The zero-order valence-electron chi connectivity index (χ0n) is 16.7. The van der Waals surface area contributed by atoms with Crippen molar-refractivity contribution in [2.75, 3.05) is 14.2 Å². The second-order valence-electron chi connectivity index (χ2n) is 6.82. The van der Waals surface area contributed by atoms with Gasteiger partial charge in [-0.3, -0.25) is 0 Å². The van der Waals surface area contributed by atoms with E-state index in [1.807, 2.05) is 48.5 Å². The number of aromatic amines is 1. The van der Waals surface area contributed by atoms with Crippen molar-refractivity contribution in [2.24, 2.45) is 0 Å². The first-order valence-corrected chi connectivity index (χ1v) is 10.3. The van der Waals surface area contributed by atoms with Crippen LogP contribution in [0.4, 0.5) is 0 Å². The topological polar surface area (TPSA) is 86.1 Å². The summed E-state index contributed by atoms with van der Waals surface area (Å²) in [6.07, 6.45) is 0. The molecule has 2 aromatic heterocycles. The highest BCUT2D eigenvalue weighted by molar-refractivity contribution is 9.10. The van der Waals surface area contributed by atoms with Crippen molar-refractivity contribution in [1.82, 2.24) is 20.1 Å². The zero-order chi connectivity index (χ0) is 21.4. The number of H-pyrrole nitrogens is 1. The molecule has 2 heterocycles. The number of imidazole rings is 1. The normalized spacial score (nSPS) is 11.1. The number of nitrogens with one attached hydrogen (secondary N) is 1. The van der Waals surface area contributed by atoms with E-state index in [-0.39, 0.29) is 0 Å². The lowest BCUT2D eigenvalue weighted by Crippen LogP contribution is -1.91. The van der Waals surface area contributed by atoms with Crippen LogP contribution in [0.2, 0.25) is 0 Å². The largest absolute Gasteiger partial charge is 0.493 e. The van der Waals surface area contributed by atoms with Gasteiger partial charge in [0.25, 0.3) is 5.89 Å². The van der Waals surface area contributed by atoms with Gasteiger partial charge in [-0.25, -0.2) is 4.98 Å². The Balaban J connectivity index is 1.42. The fourth-order valence-corrected chi connectivity index (χ4v) is 3.68. The number of benzene rings is 3. The van der Waals surface area contributed by atoms with Gasteiger partial charge in [0.2, 0.25) is 5.82 Å². The van der Waals surface area contributed by atoms with Gasteiger partial charge < -0.3 is 19.0 Å². The summed E-state index contributed by atoms with van der Waals surface area (Å²) in [4.78, 5) is 12.5. The minimum Gasteiger partial charge on any atom is -0.493 e. The molecule has 0 saturated heterocycles. The zero-order valence-corrected chi connectivity index (χ0v) is 18.3. The first-order chi connectivity index (χ1) is 15.1. The Morgan fingerprint density at radius 2 is 1.55 bits per heavy atom. The van der Waals surface area contributed by atoms with Crippen LogP contribution in [0.1, 0.15) is 0 Å². The van der Waals surface area contributed by atoms with E-state index in [1.54, 1.807) is 26.4 Å². The summed E-state index contributed by atoms with van der Waals surface area (Å²) in [6, 6.07) is 19.3. The predicted molar refractivity (Wildman–Crippen MR) is 121 cm³/mol. The van der Waals surface area contributed by atoms with Gasteiger partial charge in [-0.2, -0.15) is 4.98 Å². The average Bonchev–Trinajstić information content (AvgIpc) is 3.46. The molecule has 1 N–H and O–H groups in total. The number of aromatic nitrogens is 4. The third-order valence-corrected chi connectivity index (χ3v) is 5.41. The van der Waals surface area contributed by atoms with E-state index in [2.05, 4.69) is 36.0 Å². The Morgan fingerprint density at radius 3 is 2.32 bits per heavy atom. The lowest BCUT2D eigenvalue weighted by Gasteiger charge is -2.07. The van der Waals surface area contributed by atoms with Gasteiger partial charge in [0, 0.05) is 21.2 Å². The molecule has 0 aliphatic heterocycles. The highest BCUT2D eigenvalue weighted by Gasteiger charge is 2.14. The SMILES string of the molecule is COc1ccc(-c2nc(-c3ccc(-c4nc5ccc(Br)cc5[nH]4)cc3)no2)cc1OC. The van der Waals surface area contributed by atoms with Crippen molar-refractivity contribution in [3.05, 3.63) is 65.1 Å². The lowest BCUT2D eigenvalue weighted by atomic mass is 10.1. The van der Waals surface area contributed by atoms with E-state index in [1.165, 1.54) is 0 Å². The highest BCUT2D eigenvalue weighted by Crippen LogP contribution is 2.32. The molecule has 5 aromatic rings. The van der Waals surface area contributed by atoms with Gasteiger partial charge in [0.1, 0.15) is 5.82 Å². The number of methoxy groups -OCH3 is 2. The standard InChI is InChI=1S/C23H17BrN4O3/c1-29-19-10-7-15(11-20(19)30-2)23-27-22(28-31-23)14-5-3-13(4-6-14)21-25-17-9-8-16(24)12-18(17)26-21/h3-12H,1-2H3,(H,25,26). The number of nitrogens with zero attached hydrogens (tertiary/aromatic N) is 3. The fraction of sp³-hybridized carbons (Fsp3) is 0.0870. The number of rotatable bonds is 5. The minimum atomic E-state index is 0.405. The van der Waals surface area contributed by atoms with Gasteiger partial charge in [-0.1, -0.05) is 45.4 Å². The number of fused-ring (bicyclic) bond motifs is 1. The molecule has 5 rings (SSSR count). The van der Waals surface area contributed by atoms with E-state index in [0.717, 1.165) is 38.0 Å². The van der Waals surface area contributed by atoms with Crippen molar-refractivity contribution in [3.8, 4) is 45.7 Å². The molecule has 154 valence electrons. The molecule has 0 bridgehead atoms. The van der Waals surface area contributed by atoms with Crippen LogP contribution in [0.3, 0.4) is 0 Å². The summed E-state index contributed by atoms with van der Waals surface area (Å²) >= 11 is 3.48. The summed E-state index contributed by atoms with van der Waals surface area (Å²) in [5.74, 6) is 2.95. The minimum absolute atomic E-state index is 0.405. The van der Waals surface area contributed by atoms with Crippen LogP contribution in [0.15, 0.2) is 69.7 Å². The van der Waals surface area contributed by atoms with E-state index in [0.29, 0.717) is 23.2 Å². The molecule has 0 spiro atoms. The highest BCUT2D eigenvalue weighted by atomic mass is 79.9. The molecule has 8 heteroatoms. The Kier molecular flexibility index (Phi) is 4.91. The molecule has 0 amide bonds. The van der Waals surface area contributed by atoms with E-state index < -0.39 is 0 Å². The predicted octanol–water partition coefficient (Wildman–Crippen LogP) is 5.73. The molecular weight excluding hydrogens is 460 g/mol. The molecule has 31 heavy (non-hydrogen) atoms. The van der Waals surface area contributed by atoms with Crippen LogP contribution in [0.25, 0.3) is 45.3 Å². The quantitative estimate of drug-likeness (QED) is 0.348. The van der Waals surface area contributed by atoms with Crippen molar-refractivity contribution in [3.63, 3.8) is 0 Å². The van der Waals surface area contributed by atoms with Crippen molar-refractivity contribution >= 4 is 27.0 Å². The summed E-state index contributed by atoms with van der Waals surface area (Å²) in [6.45, 7) is 0. The summed E-state index contributed by atoms with van der Waals surface area (Å²) in [5.41, 5.74) is 4.46. The maximum atomic E-state index is 5.46. The molecule has 0 aliphatic rings. The first kappa shape index (κ1) is 19.3. The Morgan fingerprint density at radius 1 is 0.806 bits per heavy atom. The number of hydrogen-bond donors (Lipinski definition) is 1. The Hall–Kier alpha value is -3.65. The Labute approximate surface area is 186 Å². The third-order valence-electron chi connectivity index (χ3n) is 4.92. The second kappa shape index (κ2) is 7.88. The van der Waals surface area contributed by atoms with Gasteiger partial charge in [0.05, 0.1) is 25.3 Å². The van der Waals surface area contributed by atoms with Crippen molar-refractivity contribution in [1.29, 1.82) is 0 Å². The monoisotopic (exact) mass is 476 g/mol. The average molecular weight is 477 g/mol. The van der Waals surface area contributed by atoms with Crippen LogP contribution in [0.5, 0.6) is 11.5 Å². The summed E-state index contributed by atoms with van der Waals surface area (Å²) in [5, 5.41) is 4.12. The van der Waals surface area contributed by atoms with Crippen LogP contribution < -0.4 is 9.47 Å². The van der Waals surface area contributed by atoms with E-state index in [9.17, 15) is 0 Å². The number of halogens is 1. The molecule has 7 nitrogen and oxygen atoms in total. The smallest absolute Gasteiger partial charge is 0.258 e. The maximum Gasteiger partial charge on any atom is 0.258 e. The summed E-state index contributed by atoms with van der Waals surface area (Å²) in [7, 11) is 3.18. The fourth-order valence-electron chi connectivity index (χ4n) is 3.32. The van der Waals surface area contributed by atoms with Gasteiger partial charge in [-0.15, -0.1) is 0 Å². The molecule has 0 atom stereocenters. The molecule has 3 aromatic carbocycles. The van der Waals surface area contributed by atoms with Crippen LogP contribution in [-0.4, -0.2) is 34.3 Å². The molecule has 0 aliphatic carbocycles. The maximum absolute atomic E-state index is 5.46. The van der Waals surface area contributed by atoms with E-state index in [4.69, 9.17) is 14.0 Å². The first-order valence-electron chi connectivity index (χ1n) is 9.47. The van der Waals surface area contributed by atoms with Gasteiger partial charge in [0.15, 0.2) is 11.5 Å². The van der Waals surface area contributed by atoms with Crippen LogP contribution in [0, 0.1) is 0 Å². The molecule has 0 unspecified atom stereocenters. The molecule has 0 fully saturated rings. The second-order valence-corrected chi connectivity index (χ2v) is 7.73. The van der Waals surface area contributed by atoms with Gasteiger partial charge >= 0.3 is 0 Å². The van der Waals surface area contributed by atoms with Crippen LogP contribution in [-0.2, 0) is 0 Å². The number of ether oxygens (including phenoxy) is 2. The van der Waals surface area contributed by atoms with Crippen molar-refractivity contribution in [2.45, 2.75) is 0 Å². The van der Waals surface area contributed by atoms with Gasteiger partial charge in [-0.05, 0) is 36.4 Å².